The second-order valence-electron chi connectivity index (χ2n) is 21.1. The van der Waals surface area contributed by atoms with Crippen LogP contribution >= 0.6 is 0 Å². The fourth-order valence-electron chi connectivity index (χ4n) is 14.6. The average Bonchev–Trinajstić information content (AvgIpc) is 3.63. The first-order valence-electron chi connectivity index (χ1n) is 20.7. The quantitative estimate of drug-likeness (QED) is 0.190. The van der Waals surface area contributed by atoms with Gasteiger partial charge in [-0.2, -0.15) is 0 Å². The average molecular weight is 709 g/mol. The minimum absolute atomic E-state index is 0.0829. The molecule has 1 N–H and O–H groups in total. The Hall–Kier alpha value is -1.89. The largest absolute Gasteiger partial charge is 0.481 e. The molecule has 1 unspecified atom stereocenters. The zero-order valence-corrected chi connectivity index (χ0v) is 34.0. The van der Waals surface area contributed by atoms with E-state index < -0.39 is 11.4 Å². The molecule has 288 valence electrons. The highest BCUT2D eigenvalue weighted by molar-refractivity contribution is 5.81. The third-order valence-electron chi connectivity index (χ3n) is 17.4. The van der Waals surface area contributed by atoms with Crippen LogP contribution in [-0.4, -0.2) is 72.1 Å². The molecule has 1 heterocycles. The summed E-state index contributed by atoms with van der Waals surface area (Å²) in [6, 6.07) is 0.347. The van der Waals surface area contributed by atoms with Crippen molar-refractivity contribution in [1.82, 2.24) is 9.80 Å². The zero-order chi connectivity index (χ0) is 37.5. The number of nitrogens with zero attached hydrogens (tertiary/aromatic N) is 2. The number of hydrogen-bond donors (Lipinski definition) is 1. The van der Waals surface area contributed by atoms with Crippen molar-refractivity contribution in [3.05, 3.63) is 12.2 Å². The SMILES string of the molecule is C=C(C)[C@@H]1CCC2(CC(=O)N3CCC[C@H]3CN(C)C)CC[C@]3(C)[C@H](CC[C@@H]4[C@@]5(C)CC[C@H](OC(=O)CC(C)(C)C(=O)O)C(C)(C)[C@@H]5CC[C@]43C)[C@@H]12. The summed E-state index contributed by atoms with van der Waals surface area (Å²) in [5.74, 6) is 1.72. The molecule has 6 aliphatic rings. The normalized spacial score (nSPS) is 43.1. The molecule has 5 saturated carbocycles. The van der Waals surface area contributed by atoms with E-state index in [-0.39, 0.29) is 45.6 Å². The van der Waals surface area contributed by atoms with E-state index in [0.717, 1.165) is 64.5 Å². The first-order valence-corrected chi connectivity index (χ1v) is 20.7. The summed E-state index contributed by atoms with van der Waals surface area (Å²) >= 11 is 0. The lowest BCUT2D eigenvalue weighted by molar-refractivity contribution is -0.250. The molecule has 0 radical (unpaired) electrons. The van der Waals surface area contributed by atoms with Crippen LogP contribution in [0, 0.1) is 62.1 Å². The Bertz CT molecular complexity index is 1400. The highest BCUT2D eigenvalue weighted by Gasteiger charge is 2.71. The Labute approximate surface area is 310 Å². The number of carboxylic acid groups (broad SMARTS) is 1. The molecule has 11 atom stereocenters. The van der Waals surface area contributed by atoms with Crippen LogP contribution in [0.5, 0.6) is 0 Å². The molecule has 6 rings (SSSR count). The summed E-state index contributed by atoms with van der Waals surface area (Å²) < 4.78 is 6.20. The summed E-state index contributed by atoms with van der Waals surface area (Å²) in [4.78, 5) is 43.7. The Morgan fingerprint density at radius 2 is 1.59 bits per heavy atom. The van der Waals surface area contributed by atoms with Crippen LogP contribution in [0.25, 0.3) is 0 Å². The molecule has 0 spiro atoms. The summed E-state index contributed by atoms with van der Waals surface area (Å²) in [5.41, 5.74) is 0.648. The summed E-state index contributed by atoms with van der Waals surface area (Å²) in [6.07, 6.45) is 14.0. The van der Waals surface area contributed by atoms with E-state index in [4.69, 9.17) is 4.74 Å². The number of fused-ring (bicyclic) bond motifs is 7. The Balaban J connectivity index is 1.24. The van der Waals surface area contributed by atoms with Gasteiger partial charge in [-0.05, 0) is 163 Å². The van der Waals surface area contributed by atoms with Crippen molar-refractivity contribution >= 4 is 17.8 Å². The third kappa shape index (κ3) is 6.14. The van der Waals surface area contributed by atoms with Crippen molar-refractivity contribution in [2.45, 2.75) is 157 Å². The van der Waals surface area contributed by atoms with E-state index in [9.17, 15) is 19.5 Å². The van der Waals surface area contributed by atoms with Gasteiger partial charge in [0.25, 0.3) is 0 Å². The standard InChI is InChI=1S/C44H72N2O5/c1-28(2)30-16-21-44(25-35(47)46-24-12-13-29(46)27-45(10)11)23-22-42(8)31(37(30)44)14-15-33-41(7)19-18-34(51-36(48)26-39(3,4)38(49)50)40(5,6)32(41)17-20-43(33,42)9/h29-34,37H,1,12-27H2,2-11H3,(H,49,50)/t29-,30-,31+,32-,33+,34-,37+,41-,42+,43+,44?/m0/s1. The number of amides is 1. The minimum Gasteiger partial charge on any atom is -0.481 e. The maximum absolute atomic E-state index is 14.3. The van der Waals surface area contributed by atoms with Gasteiger partial charge in [0.1, 0.15) is 6.10 Å². The van der Waals surface area contributed by atoms with Crippen molar-refractivity contribution < 1.29 is 24.2 Å². The Morgan fingerprint density at radius 3 is 2.24 bits per heavy atom. The number of ether oxygens (including phenoxy) is 1. The zero-order valence-electron chi connectivity index (χ0n) is 34.0. The van der Waals surface area contributed by atoms with Crippen molar-refractivity contribution in [2.24, 2.45) is 62.1 Å². The lowest BCUT2D eigenvalue weighted by Gasteiger charge is -2.73. The van der Waals surface area contributed by atoms with Gasteiger partial charge in [-0.1, -0.05) is 46.8 Å². The molecule has 7 nitrogen and oxygen atoms in total. The number of likely N-dealkylation sites (tertiary alicyclic amines) is 1. The van der Waals surface area contributed by atoms with E-state index in [0.29, 0.717) is 41.5 Å². The molecule has 1 saturated heterocycles. The number of allylic oxidation sites excluding steroid dienone is 1. The van der Waals surface area contributed by atoms with Gasteiger partial charge in [-0.15, -0.1) is 0 Å². The topological polar surface area (TPSA) is 87.2 Å². The van der Waals surface area contributed by atoms with Gasteiger partial charge >= 0.3 is 11.9 Å². The van der Waals surface area contributed by atoms with Crippen LogP contribution in [0.3, 0.4) is 0 Å². The van der Waals surface area contributed by atoms with Crippen molar-refractivity contribution in [3.8, 4) is 0 Å². The number of carbonyl (C=O) groups excluding carboxylic acids is 2. The van der Waals surface area contributed by atoms with Gasteiger partial charge in [-0.3, -0.25) is 14.4 Å². The lowest BCUT2D eigenvalue weighted by Crippen LogP contribution is -2.67. The molecular formula is C44H72N2O5. The van der Waals surface area contributed by atoms with Crippen LogP contribution in [0.1, 0.15) is 145 Å². The molecular weight excluding hydrogens is 636 g/mol. The van der Waals surface area contributed by atoms with Gasteiger partial charge in [0.05, 0.1) is 11.8 Å². The maximum atomic E-state index is 14.3. The van der Waals surface area contributed by atoms with Crippen LogP contribution < -0.4 is 0 Å². The van der Waals surface area contributed by atoms with Gasteiger partial charge in [0.2, 0.25) is 5.91 Å². The van der Waals surface area contributed by atoms with E-state index in [1.807, 2.05) is 0 Å². The summed E-state index contributed by atoms with van der Waals surface area (Å²) in [6.45, 7) is 24.5. The summed E-state index contributed by atoms with van der Waals surface area (Å²) in [7, 11) is 4.26. The predicted octanol–water partition coefficient (Wildman–Crippen LogP) is 9.00. The number of carbonyl (C=O) groups is 3. The Kier molecular flexibility index (Phi) is 10.0. The van der Waals surface area contributed by atoms with Crippen LogP contribution in [0.15, 0.2) is 12.2 Å². The van der Waals surface area contributed by atoms with Crippen molar-refractivity contribution in [2.75, 3.05) is 27.2 Å². The fraction of sp³-hybridized carbons (Fsp3) is 0.886. The van der Waals surface area contributed by atoms with Crippen LogP contribution in [0.4, 0.5) is 0 Å². The van der Waals surface area contributed by atoms with Crippen molar-refractivity contribution in [1.29, 1.82) is 0 Å². The first-order chi connectivity index (χ1) is 23.6. The molecule has 6 fully saturated rings. The van der Waals surface area contributed by atoms with E-state index >= 15 is 0 Å². The number of aliphatic carboxylic acids is 1. The molecule has 0 aromatic heterocycles. The molecule has 1 aliphatic heterocycles. The van der Waals surface area contributed by atoms with Gasteiger partial charge < -0.3 is 19.6 Å². The van der Waals surface area contributed by atoms with Gasteiger partial charge in [-0.25, -0.2) is 0 Å². The second kappa shape index (κ2) is 13.1. The van der Waals surface area contributed by atoms with Crippen LogP contribution in [-0.2, 0) is 19.1 Å². The highest BCUT2D eigenvalue weighted by Crippen LogP contribution is 2.78. The number of rotatable bonds is 9. The van der Waals surface area contributed by atoms with Gasteiger partial charge in [0.15, 0.2) is 0 Å². The summed E-state index contributed by atoms with van der Waals surface area (Å²) in [5, 5.41) is 9.62. The van der Waals surface area contributed by atoms with Crippen molar-refractivity contribution in [3.63, 3.8) is 0 Å². The third-order valence-corrected chi connectivity index (χ3v) is 17.4. The monoisotopic (exact) mass is 709 g/mol. The second-order valence-corrected chi connectivity index (χ2v) is 21.1. The van der Waals surface area contributed by atoms with E-state index in [1.165, 1.54) is 37.7 Å². The smallest absolute Gasteiger partial charge is 0.309 e. The number of esters is 1. The van der Waals surface area contributed by atoms with Gasteiger partial charge in [0, 0.05) is 31.0 Å². The molecule has 0 bridgehead atoms. The van der Waals surface area contributed by atoms with E-state index in [1.54, 1.807) is 13.8 Å². The molecule has 0 aromatic carbocycles. The van der Waals surface area contributed by atoms with Crippen LogP contribution in [0.2, 0.25) is 0 Å². The lowest BCUT2D eigenvalue weighted by atomic mass is 9.32. The maximum Gasteiger partial charge on any atom is 0.309 e. The Morgan fingerprint density at radius 1 is 0.882 bits per heavy atom. The molecule has 0 aromatic rings. The first kappa shape index (κ1) is 38.8. The predicted molar refractivity (Wildman–Crippen MR) is 203 cm³/mol. The molecule has 7 heteroatoms. The molecule has 51 heavy (non-hydrogen) atoms. The fourth-order valence-corrected chi connectivity index (χ4v) is 14.6. The van der Waals surface area contributed by atoms with E-state index in [2.05, 4.69) is 72.0 Å². The minimum atomic E-state index is -1.14. The number of likely N-dealkylation sites (N-methyl/N-ethyl adjacent to an activating group) is 1. The molecule has 1 amide bonds. The number of hydrogen-bond acceptors (Lipinski definition) is 5. The highest BCUT2D eigenvalue weighted by atomic mass is 16.5. The number of carboxylic acids is 1. The molecule has 5 aliphatic carbocycles.